The van der Waals surface area contributed by atoms with Crippen LogP contribution in [-0.2, 0) is 4.79 Å². The molecule has 0 heterocycles. The van der Waals surface area contributed by atoms with E-state index in [2.05, 4.69) is 19.9 Å². The van der Waals surface area contributed by atoms with Gasteiger partial charge in [0.1, 0.15) is 6.29 Å². The fourth-order valence-corrected chi connectivity index (χ4v) is 1.74. The van der Waals surface area contributed by atoms with Gasteiger partial charge in [0.25, 0.3) is 0 Å². The summed E-state index contributed by atoms with van der Waals surface area (Å²) < 4.78 is 0. The maximum Gasteiger partial charge on any atom is 0.142 e. The Morgan fingerprint density at radius 2 is 1.14 bits per heavy atom. The van der Waals surface area contributed by atoms with E-state index in [1.54, 1.807) is 12.2 Å². The van der Waals surface area contributed by atoms with Crippen LogP contribution in [0.15, 0.2) is 72.9 Å². The number of aliphatic hydroxyl groups excluding tert-OH is 1. The number of rotatable bonds is 10. The summed E-state index contributed by atoms with van der Waals surface area (Å²) >= 11 is 0. The lowest BCUT2D eigenvalue weighted by Crippen LogP contribution is -2.15. The van der Waals surface area contributed by atoms with Gasteiger partial charge in [-0.05, 0) is 31.3 Å². The van der Waals surface area contributed by atoms with Crippen LogP contribution < -0.4 is 0 Å². The van der Waals surface area contributed by atoms with E-state index in [4.69, 9.17) is 0 Å². The lowest BCUT2D eigenvalue weighted by atomic mass is 9.93. The van der Waals surface area contributed by atoms with Crippen LogP contribution in [0.1, 0.15) is 27.2 Å². The molecule has 0 aromatic rings. The molecule has 0 aromatic carbocycles. The number of carbonyl (C=O) groups excluding carboxylic acids is 1. The van der Waals surface area contributed by atoms with Crippen LogP contribution in [-0.4, -0.2) is 17.5 Å². The molecule has 0 aromatic heterocycles. The molecule has 3 atom stereocenters. The fourth-order valence-electron chi connectivity index (χ4n) is 1.74. The highest BCUT2D eigenvalue weighted by atomic mass is 16.3. The average molecular weight is 300 g/mol. The van der Waals surface area contributed by atoms with Crippen molar-refractivity contribution in [2.24, 2.45) is 11.8 Å². The lowest BCUT2D eigenvalue weighted by Gasteiger charge is -2.16. The predicted molar refractivity (Wildman–Crippen MR) is 95.5 cm³/mol. The average Bonchev–Trinajstić information content (AvgIpc) is 2.48. The molecular weight excluding hydrogens is 272 g/mol. The van der Waals surface area contributed by atoms with Crippen molar-refractivity contribution in [1.29, 1.82) is 0 Å². The molecule has 0 unspecified atom stereocenters. The Balaban J connectivity index is 3.98. The molecule has 0 bridgehead atoms. The zero-order chi connectivity index (χ0) is 16.6. The van der Waals surface area contributed by atoms with E-state index in [1.165, 1.54) is 6.08 Å². The van der Waals surface area contributed by atoms with Crippen molar-refractivity contribution in [1.82, 2.24) is 0 Å². The summed E-state index contributed by atoms with van der Waals surface area (Å²) in [7, 11) is 0. The zero-order valence-corrected chi connectivity index (χ0v) is 13.8. The van der Waals surface area contributed by atoms with E-state index in [0.717, 1.165) is 12.7 Å². The Hall–Kier alpha value is -1.93. The van der Waals surface area contributed by atoms with Gasteiger partial charge >= 0.3 is 0 Å². The molecule has 0 aliphatic heterocycles. The summed E-state index contributed by atoms with van der Waals surface area (Å²) in [5.41, 5.74) is 0. The molecule has 0 aliphatic rings. The molecule has 0 fully saturated rings. The van der Waals surface area contributed by atoms with Crippen molar-refractivity contribution in [3.8, 4) is 0 Å². The molecule has 0 amide bonds. The van der Waals surface area contributed by atoms with E-state index in [1.807, 2.05) is 55.5 Å². The molecule has 0 aliphatic carbocycles. The van der Waals surface area contributed by atoms with Crippen LogP contribution in [0.3, 0.4) is 0 Å². The van der Waals surface area contributed by atoms with E-state index in [-0.39, 0.29) is 6.10 Å². The standard InChI is InChI=1S/C20H28O2/c1-18(17-19(2)20(3)22)15-13-11-9-7-5-4-6-8-10-12-14-16-21/h4-16,18-20,22H,17H2,1-3H3/b6-4+,7-5+,10-8+,11-9+,14-12+,15-13+/t18-,19+,20-/m0/s1. The predicted octanol–water partition coefficient (Wildman–Crippen LogP) is 4.57. The van der Waals surface area contributed by atoms with Crippen LogP contribution in [0.4, 0.5) is 0 Å². The first-order valence-electron chi connectivity index (χ1n) is 7.71. The third-order valence-electron chi connectivity index (χ3n) is 3.20. The summed E-state index contributed by atoms with van der Waals surface area (Å²) in [4.78, 5) is 10.0. The molecule has 2 heteroatoms. The summed E-state index contributed by atoms with van der Waals surface area (Å²) in [6.45, 7) is 6.07. The smallest absolute Gasteiger partial charge is 0.142 e. The van der Waals surface area contributed by atoms with Crippen LogP contribution in [0.25, 0.3) is 0 Å². The van der Waals surface area contributed by atoms with E-state index < -0.39 is 0 Å². The fraction of sp³-hybridized carbons (Fsp3) is 0.350. The van der Waals surface area contributed by atoms with Gasteiger partial charge in [-0.1, -0.05) is 80.7 Å². The number of hydrogen-bond acceptors (Lipinski definition) is 2. The molecule has 0 spiro atoms. The van der Waals surface area contributed by atoms with Crippen molar-refractivity contribution in [2.75, 3.05) is 0 Å². The highest BCUT2D eigenvalue weighted by Crippen LogP contribution is 2.16. The molecule has 22 heavy (non-hydrogen) atoms. The zero-order valence-electron chi connectivity index (χ0n) is 13.8. The van der Waals surface area contributed by atoms with Crippen LogP contribution in [0.5, 0.6) is 0 Å². The highest BCUT2D eigenvalue weighted by Gasteiger charge is 2.10. The summed E-state index contributed by atoms with van der Waals surface area (Å²) in [5, 5.41) is 9.47. The first-order chi connectivity index (χ1) is 10.6. The summed E-state index contributed by atoms with van der Waals surface area (Å²) in [6, 6.07) is 0. The minimum atomic E-state index is -0.246. The topological polar surface area (TPSA) is 37.3 Å². The van der Waals surface area contributed by atoms with Gasteiger partial charge in [0.15, 0.2) is 0 Å². The molecule has 0 saturated carbocycles. The second kappa shape index (κ2) is 14.0. The minimum Gasteiger partial charge on any atom is -0.393 e. The molecule has 0 radical (unpaired) electrons. The SMILES string of the molecule is C[C@H](O)[C@H](C)C[C@@H](C)/C=C/C=C/C=C/C=C/C=C/C=C/C=O. The van der Waals surface area contributed by atoms with Crippen LogP contribution in [0.2, 0.25) is 0 Å². The summed E-state index contributed by atoms with van der Waals surface area (Å²) in [5.74, 6) is 0.783. The Kier molecular flexibility index (Phi) is 12.8. The normalized spacial score (nSPS) is 17.6. The Morgan fingerprint density at radius 1 is 0.727 bits per heavy atom. The molecule has 1 N–H and O–H groups in total. The molecule has 2 nitrogen and oxygen atoms in total. The number of allylic oxidation sites excluding steroid dienone is 12. The monoisotopic (exact) mass is 300 g/mol. The van der Waals surface area contributed by atoms with Crippen molar-refractivity contribution >= 4 is 6.29 Å². The highest BCUT2D eigenvalue weighted by molar-refractivity contribution is 5.65. The first-order valence-corrected chi connectivity index (χ1v) is 7.71. The van der Waals surface area contributed by atoms with E-state index >= 15 is 0 Å². The number of aldehydes is 1. The van der Waals surface area contributed by atoms with Crippen LogP contribution >= 0.6 is 0 Å². The third kappa shape index (κ3) is 13.1. The number of carbonyl (C=O) groups is 1. The molecule has 0 saturated heterocycles. The Bertz CT molecular complexity index is 448. The second-order valence-corrected chi connectivity index (χ2v) is 5.38. The lowest BCUT2D eigenvalue weighted by molar-refractivity contribution is -0.104. The van der Waals surface area contributed by atoms with Crippen molar-refractivity contribution in [2.45, 2.75) is 33.3 Å². The first kappa shape index (κ1) is 20.1. The molecular formula is C20H28O2. The van der Waals surface area contributed by atoms with Gasteiger partial charge in [0.05, 0.1) is 6.10 Å². The number of aliphatic hydroxyl groups is 1. The quantitative estimate of drug-likeness (QED) is 0.365. The van der Waals surface area contributed by atoms with E-state index in [0.29, 0.717) is 11.8 Å². The van der Waals surface area contributed by atoms with Gasteiger partial charge in [-0.3, -0.25) is 4.79 Å². The summed E-state index contributed by atoms with van der Waals surface area (Å²) in [6.07, 6.45) is 24.2. The maximum atomic E-state index is 10.0. The van der Waals surface area contributed by atoms with Gasteiger partial charge in [-0.2, -0.15) is 0 Å². The van der Waals surface area contributed by atoms with Crippen LogP contribution in [0, 0.1) is 11.8 Å². The van der Waals surface area contributed by atoms with E-state index in [9.17, 15) is 9.90 Å². The van der Waals surface area contributed by atoms with Gasteiger partial charge in [0.2, 0.25) is 0 Å². The Morgan fingerprint density at radius 3 is 1.55 bits per heavy atom. The Labute approximate surface area is 134 Å². The van der Waals surface area contributed by atoms with Gasteiger partial charge in [-0.25, -0.2) is 0 Å². The second-order valence-electron chi connectivity index (χ2n) is 5.38. The van der Waals surface area contributed by atoms with Crippen molar-refractivity contribution in [3.05, 3.63) is 72.9 Å². The van der Waals surface area contributed by atoms with Gasteiger partial charge in [0, 0.05) is 0 Å². The largest absolute Gasteiger partial charge is 0.393 e. The molecule has 120 valence electrons. The van der Waals surface area contributed by atoms with Gasteiger partial charge < -0.3 is 5.11 Å². The molecule has 0 rings (SSSR count). The maximum absolute atomic E-state index is 10.0. The number of hydrogen-bond donors (Lipinski definition) is 1. The van der Waals surface area contributed by atoms with Crippen molar-refractivity contribution < 1.29 is 9.90 Å². The van der Waals surface area contributed by atoms with Gasteiger partial charge in [-0.15, -0.1) is 0 Å². The van der Waals surface area contributed by atoms with Crippen molar-refractivity contribution in [3.63, 3.8) is 0 Å². The third-order valence-corrected chi connectivity index (χ3v) is 3.20. The minimum absolute atomic E-state index is 0.246.